The lowest BCUT2D eigenvalue weighted by atomic mass is 10.1. The van der Waals surface area contributed by atoms with Crippen LogP contribution in [0.4, 0.5) is 5.95 Å². The highest BCUT2D eigenvalue weighted by Crippen LogP contribution is 2.30. The van der Waals surface area contributed by atoms with Crippen molar-refractivity contribution in [3.8, 4) is 17.0 Å². The van der Waals surface area contributed by atoms with E-state index in [-0.39, 0.29) is 15.7 Å². The van der Waals surface area contributed by atoms with Crippen LogP contribution in [0.15, 0.2) is 82.6 Å². The number of nitrogen functional groups attached to an aromatic ring is 1. The lowest BCUT2D eigenvalue weighted by molar-refractivity contribution is 0.415. The van der Waals surface area contributed by atoms with E-state index < -0.39 is 9.84 Å². The van der Waals surface area contributed by atoms with Gasteiger partial charge in [0.2, 0.25) is 15.8 Å². The molecule has 3 aromatic carbocycles. The van der Waals surface area contributed by atoms with Crippen molar-refractivity contribution in [2.45, 2.75) is 9.79 Å². The number of nitrogens with two attached hydrogens (primary N) is 1. The largest absolute Gasteiger partial charge is 0.497 e. The highest BCUT2D eigenvalue weighted by molar-refractivity contribution is 7.91. The first-order valence-electron chi connectivity index (χ1n) is 8.51. The molecule has 4 rings (SSSR count). The summed E-state index contributed by atoms with van der Waals surface area (Å²) in [6, 6.07) is 20.4. The van der Waals surface area contributed by atoms with Gasteiger partial charge in [0, 0.05) is 17.0 Å². The minimum absolute atomic E-state index is 0.136. The van der Waals surface area contributed by atoms with Crippen molar-refractivity contribution < 1.29 is 13.2 Å². The third-order valence-electron chi connectivity index (χ3n) is 4.41. The van der Waals surface area contributed by atoms with Crippen molar-refractivity contribution in [1.29, 1.82) is 0 Å². The Morgan fingerprint density at radius 2 is 1.54 bits per heavy atom. The van der Waals surface area contributed by atoms with Gasteiger partial charge in [-0.25, -0.2) is 18.4 Å². The molecule has 0 amide bonds. The summed E-state index contributed by atoms with van der Waals surface area (Å²) in [6.07, 6.45) is 0. The monoisotopic (exact) mass is 391 g/mol. The molecule has 4 aromatic rings. The fraction of sp³-hybridized carbons (Fsp3) is 0.0476. The van der Waals surface area contributed by atoms with E-state index in [2.05, 4.69) is 9.97 Å². The Morgan fingerprint density at radius 1 is 0.857 bits per heavy atom. The Hall–Kier alpha value is -3.45. The molecule has 2 N–H and O–H groups in total. The maximum Gasteiger partial charge on any atom is 0.221 e. The van der Waals surface area contributed by atoms with E-state index in [1.807, 2.05) is 12.1 Å². The van der Waals surface area contributed by atoms with Crippen molar-refractivity contribution in [2.75, 3.05) is 12.8 Å². The molecule has 140 valence electrons. The Labute approximate surface area is 162 Å². The smallest absolute Gasteiger partial charge is 0.221 e. The number of hydrogen-bond donors (Lipinski definition) is 1. The molecule has 0 saturated carbocycles. The summed E-state index contributed by atoms with van der Waals surface area (Å²) < 4.78 is 30.8. The molecule has 0 aliphatic rings. The molecule has 0 spiro atoms. The van der Waals surface area contributed by atoms with E-state index in [9.17, 15) is 8.42 Å². The van der Waals surface area contributed by atoms with E-state index in [0.29, 0.717) is 17.0 Å². The average molecular weight is 391 g/mol. The molecule has 0 saturated heterocycles. The van der Waals surface area contributed by atoms with Gasteiger partial charge in [-0.3, -0.25) is 0 Å². The van der Waals surface area contributed by atoms with Crippen LogP contribution in [-0.4, -0.2) is 25.5 Å². The first-order valence-corrected chi connectivity index (χ1v) is 9.99. The van der Waals surface area contributed by atoms with E-state index in [0.717, 1.165) is 10.9 Å². The Bertz CT molecular complexity index is 1260. The summed E-state index contributed by atoms with van der Waals surface area (Å²) in [5.41, 5.74) is 7.90. The minimum Gasteiger partial charge on any atom is -0.497 e. The quantitative estimate of drug-likeness (QED) is 0.570. The fourth-order valence-corrected chi connectivity index (χ4v) is 4.28. The molecule has 1 heterocycles. The second-order valence-corrected chi connectivity index (χ2v) is 8.10. The van der Waals surface area contributed by atoms with E-state index in [1.54, 1.807) is 67.8 Å². The molecule has 0 atom stereocenters. The normalized spacial score (nSPS) is 11.5. The van der Waals surface area contributed by atoms with Gasteiger partial charge in [-0.1, -0.05) is 30.3 Å². The molecular weight excluding hydrogens is 374 g/mol. The maximum atomic E-state index is 12.8. The van der Waals surface area contributed by atoms with Crippen LogP contribution in [0.3, 0.4) is 0 Å². The lowest BCUT2D eigenvalue weighted by Gasteiger charge is -2.10. The SMILES string of the molecule is COc1ccc2c(-c3ccc(S(=O)(=O)c4ccccc4)cc3)nc(N)nc2c1. The molecular formula is C21H17N3O3S. The predicted octanol–water partition coefficient (Wildman–Crippen LogP) is 3.72. The number of methoxy groups -OCH3 is 1. The number of anilines is 1. The van der Waals surface area contributed by atoms with Crippen molar-refractivity contribution >= 4 is 26.7 Å². The molecule has 0 bridgehead atoms. The van der Waals surface area contributed by atoms with Gasteiger partial charge in [-0.05, 0) is 36.4 Å². The standard InChI is InChI=1S/C21H17N3O3S/c1-27-15-9-12-18-19(13-15)23-21(22)24-20(18)14-7-10-17(11-8-14)28(25,26)16-5-3-2-4-6-16/h2-13H,1H3,(H2,22,23,24). The molecule has 28 heavy (non-hydrogen) atoms. The number of sulfone groups is 1. The van der Waals surface area contributed by atoms with Gasteiger partial charge in [0.15, 0.2) is 0 Å². The van der Waals surface area contributed by atoms with Crippen LogP contribution in [0.1, 0.15) is 0 Å². The average Bonchev–Trinajstić information content (AvgIpc) is 2.73. The Kier molecular flexibility index (Phi) is 4.44. The summed E-state index contributed by atoms with van der Waals surface area (Å²) in [5.74, 6) is 0.803. The van der Waals surface area contributed by atoms with Crippen molar-refractivity contribution in [1.82, 2.24) is 9.97 Å². The fourth-order valence-electron chi connectivity index (χ4n) is 3.00. The van der Waals surface area contributed by atoms with Gasteiger partial charge in [0.1, 0.15) is 5.75 Å². The first kappa shape index (κ1) is 17.9. The summed E-state index contributed by atoms with van der Waals surface area (Å²) >= 11 is 0. The summed E-state index contributed by atoms with van der Waals surface area (Å²) in [7, 11) is -1.99. The molecule has 0 radical (unpaired) electrons. The number of aromatic nitrogens is 2. The topological polar surface area (TPSA) is 95.2 Å². The van der Waals surface area contributed by atoms with Crippen LogP contribution in [0.25, 0.3) is 22.2 Å². The van der Waals surface area contributed by atoms with Gasteiger partial charge in [-0.2, -0.15) is 0 Å². The van der Waals surface area contributed by atoms with Crippen molar-refractivity contribution in [3.05, 3.63) is 72.8 Å². The zero-order valence-corrected chi connectivity index (χ0v) is 15.8. The van der Waals surface area contributed by atoms with Gasteiger partial charge >= 0.3 is 0 Å². The van der Waals surface area contributed by atoms with Crippen LogP contribution in [0, 0.1) is 0 Å². The minimum atomic E-state index is -3.57. The number of fused-ring (bicyclic) bond motifs is 1. The molecule has 0 aliphatic carbocycles. The van der Waals surface area contributed by atoms with Gasteiger partial charge in [-0.15, -0.1) is 0 Å². The van der Waals surface area contributed by atoms with Crippen molar-refractivity contribution in [3.63, 3.8) is 0 Å². The zero-order chi connectivity index (χ0) is 19.7. The number of benzene rings is 3. The highest BCUT2D eigenvalue weighted by atomic mass is 32.2. The molecule has 1 aromatic heterocycles. The van der Waals surface area contributed by atoms with Crippen LogP contribution >= 0.6 is 0 Å². The predicted molar refractivity (Wildman–Crippen MR) is 108 cm³/mol. The Morgan fingerprint density at radius 3 is 2.21 bits per heavy atom. The van der Waals surface area contributed by atoms with Gasteiger partial charge in [0.05, 0.1) is 28.1 Å². The molecule has 0 unspecified atom stereocenters. The van der Waals surface area contributed by atoms with Crippen LogP contribution < -0.4 is 10.5 Å². The lowest BCUT2D eigenvalue weighted by Crippen LogP contribution is -2.02. The summed E-state index contributed by atoms with van der Waals surface area (Å²) in [5, 5.41) is 0.800. The van der Waals surface area contributed by atoms with Crippen LogP contribution in [0.5, 0.6) is 5.75 Å². The van der Waals surface area contributed by atoms with E-state index in [1.165, 1.54) is 0 Å². The van der Waals surface area contributed by atoms with Gasteiger partial charge in [0.25, 0.3) is 0 Å². The van der Waals surface area contributed by atoms with Crippen LogP contribution in [0.2, 0.25) is 0 Å². The maximum absolute atomic E-state index is 12.8. The number of ether oxygens (including phenoxy) is 1. The molecule has 0 aliphatic heterocycles. The molecule has 0 fully saturated rings. The second kappa shape index (κ2) is 6.94. The molecule has 7 heteroatoms. The van der Waals surface area contributed by atoms with Crippen LogP contribution in [-0.2, 0) is 9.84 Å². The number of hydrogen-bond acceptors (Lipinski definition) is 6. The third-order valence-corrected chi connectivity index (χ3v) is 6.20. The first-order chi connectivity index (χ1) is 13.5. The molecule has 6 nitrogen and oxygen atoms in total. The van der Waals surface area contributed by atoms with Gasteiger partial charge < -0.3 is 10.5 Å². The highest BCUT2D eigenvalue weighted by Gasteiger charge is 2.18. The number of rotatable bonds is 4. The van der Waals surface area contributed by atoms with E-state index in [4.69, 9.17) is 10.5 Å². The third kappa shape index (κ3) is 3.16. The second-order valence-electron chi connectivity index (χ2n) is 6.15. The van der Waals surface area contributed by atoms with E-state index >= 15 is 0 Å². The number of nitrogens with zero attached hydrogens (tertiary/aromatic N) is 2. The Balaban J connectivity index is 1.80. The summed E-state index contributed by atoms with van der Waals surface area (Å²) in [4.78, 5) is 9.09. The zero-order valence-electron chi connectivity index (χ0n) is 15.0. The van der Waals surface area contributed by atoms with Crippen molar-refractivity contribution in [2.24, 2.45) is 0 Å². The summed E-state index contributed by atoms with van der Waals surface area (Å²) in [6.45, 7) is 0.